The van der Waals surface area contributed by atoms with Crippen LogP contribution < -0.4 is 5.32 Å². The van der Waals surface area contributed by atoms with Crippen molar-refractivity contribution in [3.8, 4) is 11.4 Å². The van der Waals surface area contributed by atoms with Crippen LogP contribution in [-0.2, 0) is 7.05 Å². The molecule has 1 aliphatic rings. The topological polar surface area (TPSA) is 92.3 Å². The normalized spacial score (nSPS) is 17.7. The second-order valence-electron chi connectivity index (χ2n) is 6.99. The fourth-order valence-corrected chi connectivity index (χ4v) is 3.39. The molecule has 1 aromatic carbocycles. The highest BCUT2D eigenvalue weighted by atomic mass is 16.5. The summed E-state index contributed by atoms with van der Waals surface area (Å²) in [6, 6.07) is 7.36. The smallest absolute Gasteiger partial charge is 0.321 e. The Morgan fingerprint density at radius 1 is 1.29 bits per heavy atom. The van der Waals surface area contributed by atoms with Gasteiger partial charge in [-0.25, -0.2) is 9.78 Å². The number of amides is 2. The number of carbonyl (C=O) groups is 1. The molecule has 2 aromatic heterocycles. The van der Waals surface area contributed by atoms with Crippen LogP contribution in [0.15, 0.2) is 41.2 Å². The Balaban J connectivity index is 1.47. The van der Waals surface area contributed by atoms with Crippen LogP contribution in [0.2, 0.25) is 0 Å². The number of hydrogen-bond acceptors (Lipinski definition) is 6. The van der Waals surface area contributed by atoms with Crippen molar-refractivity contribution in [1.29, 1.82) is 0 Å². The summed E-state index contributed by atoms with van der Waals surface area (Å²) in [5.74, 6) is 1.96. The minimum Gasteiger partial charge on any atom is -0.339 e. The molecule has 2 amide bonds. The van der Waals surface area contributed by atoms with E-state index < -0.39 is 0 Å². The van der Waals surface area contributed by atoms with E-state index in [1.807, 2.05) is 47.0 Å². The van der Waals surface area contributed by atoms with Crippen LogP contribution in [0.5, 0.6) is 0 Å². The number of imidazole rings is 1. The highest BCUT2D eigenvalue weighted by Crippen LogP contribution is 2.24. The van der Waals surface area contributed by atoms with Gasteiger partial charge in [0.2, 0.25) is 11.7 Å². The summed E-state index contributed by atoms with van der Waals surface area (Å²) >= 11 is 0. The molecule has 4 rings (SSSR count). The maximum Gasteiger partial charge on any atom is 0.321 e. The summed E-state index contributed by atoms with van der Waals surface area (Å²) in [5.41, 5.74) is 1.48. The Labute approximate surface area is 163 Å². The Morgan fingerprint density at radius 2 is 2.14 bits per heavy atom. The molecule has 9 nitrogen and oxygen atoms in total. The predicted octanol–water partition coefficient (Wildman–Crippen LogP) is 2.30. The second-order valence-corrected chi connectivity index (χ2v) is 6.99. The van der Waals surface area contributed by atoms with Crippen molar-refractivity contribution in [3.63, 3.8) is 0 Å². The van der Waals surface area contributed by atoms with Gasteiger partial charge in [0, 0.05) is 57.3 Å². The van der Waals surface area contributed by atoms with Crippen LogP contribution in [-0.4, -0.2) is 62.2 Å². The quantitative estimate of drug-likeness (QED) is 0.748. The molecule has 146 valence electrons. The van der Waals surface area contributed by atoms with Crippen molar-refractivity contribution in [2.75, 3.05) is 32.0 Å². The standard InChI is InChI=1S/C19H23N7O2/c1-13-21-17(23-28-13)14-5-4-6-15(11-14)22-19(27)26-10-9-24(2)16(12-26)18-20-7-8-25(18)3/h4-8,11,16H,9-10,12H2,1-3H3,(H,22,27)/t16-/m0/s1. The minimum absolute atomic E-state index is 0.0631. The number of carbonyl (C=O) groups excluding carboxylic acids is 1. The first kappa shape index (κ1) is 18.2. The Bertz CT molecular complexity index is 980. The van der Waals surface area contributed by atoms with E-state index in [2.05, 4.69) is 32.4 Å². The van der Waals surface area contributed by atoms with Gasteiger partial charge >= 0.3 is 6.03 Å². The van der Waals surface area contributed by atoms with E-state index in [1.54, 1.807) is 13.1 Å². The van der Waals surface area contributed by atoms with E-state index in [-0.39, 0.29) is 12.1 Å². The molecule has 28 heavy (non-hydrogen) atoms. The van der Waals surface area contributed by atoms with Gasteiger partial charge in [-0.2, -0.15) is 4.98 Å². The average molecular weight is 381 g/mol. The lowest BCUT2D eigenvalue weighted by Gasteiger charge is -2.38. The predicted molar refractivity (Wildman–Crippen MR) is 104 cm³/mol. The van der Waals surface area contributed by atoms with Gasteiger partial charge in [-0.15, -0.1) is 0 Å². The Hall–Kier alpha value is -3.20. The molecule has 0 radical (unpaired) electrons. The summed E-state index contributed by atoms with van der Waals surface area (Å²) < 4.78 is 7.03. The van der Waals surface area contributed by atoms with Gasteiger partial charge in [-0.3, -0.25) is 4.90 Å². The van der Waals surface area contributed by atoms with Crippen LogP contribution in [0.3, 0.4) is 0 Å². The van der Waals surface area contributed by atoms with Crippen LogP contribution in [0.25, 0.3) is 11.4 Å². The van der Waals surface area contributed by atoms with Crippen molar-refractivity contribution in [1.82, 2.24) is 29.5 Å². The molecule has 0 unspecified atom stereocenters. The van der Waals surface area contributed by atoms with Crippen molar-refractivity contribution >= 4 is 11.7 Å². The molecule has 1 N–H and O–H groups in total. The summed E-state index contributed by atoms with van der Waals surface area (Å²) in [4.78, 5) is 25.6. The lowest BCUT2D eigenvalue weighted by atomic mass is 10.1. The van der Waals surface area contributed by atoms with Crippen molar-refractivity contribution in [3.05, 3.63) is 48.4 Å². The van der Waals surface area contributed by atoms with Gasteiger partial charge < -0.3 is 19.3 Å². The summed E-state index contributed by atoms with van der Waals surface area (Å²) in [7, 11) is 4.03. The number of aromatic nitrogens is 4. The first-order valence-electron chi connectivity index (χ1n) is 9.15. The SMILES string of the molecule is Cc1nc(-c2cccc(NC(=O)N3CCN(C)[C@H](c4nccn4C)C3)c2)no1. The monoisotopic (exact) mass is 381 g/mol. The number of anilines is 1. The minimum atomic E-state index is -0.131. The molecule has 0 spiro atoms. The van der Waals surface area contributed by atoms with E-state index in [0.29, 0.717) is 30.5 Å². The Kier molecular flexibility index (Phi) is 4.82. The van der Waals surface area contributed by atoms with E-state index in [4.69, 9.17) is 4.52 Å². The van der Waals surface area contributed by atoms with Crippen molar-refractivity contribution in [2.45, 2.75) is 13.0 Å². The molecule has 1 aliphatic heterocycles. The number of nitrogens with one attached hydrogen (secondary N) is 1. The lowest BCUT2D eigenvalue weighted by molar-refractivity contribution is 0.110. The van der Waals surface area contributed by atoms with Crippen LogP contribution in [0.4, 0.5) is 10.5 Å². The summed E-state index contributed by atoms with van der Waals surface area (Å²) in [6.45, 7) is 3.77. The van der Waals surface area contributed by atoms with E-state index in [1.165, 1.54) is 0 Å². The van der Waals surface area contributed by atoms with Gasteiger partial charge in [0.05, 0.1) is 6.04 Å². The molecule has 3 heterocycles. The molecule has 9 heteroatoms. The zero-order valence-electron chi connectivity index (χ0n) is 16.2. The first-order chi connectivity index (χ1) is 13.5. The highest BCUT2D eigenvalue weighted by molar-refractivity contribution is 5.90. The number of benzene rings is 1. The van der Waals surface area contributed by atoms with Crippen LogP contribution >= 0.6 is 0 Å². The lowest BCUT2D eigenvalue weighted by Crippen LogP contribution is -2.50. The molecule has 0 bridgehead atoms. The number of nitrogens with zero attached hydrogens (tertiary/aromatic N) is 6. The third-order valence-corrected chi connectivity index (χ3v) is 4.99. The van der Waals surface area contributed by atoms with Crippen molar-refractivity contribution < 1.29 is 9.32 Å². The number of aryl methyl sites for hydroxylation is 2. The molecule has 3 aromatic rings. The molecular weight excluding hydrogens is 358 g/mol. The second kappa shape index (κ2) is 7.43. The van der Waals surface area contributed by atoms with Gasteiger partial charge in [0.25, 0.3) is 0 Å². The summed E-state index contributed by atoms with van der Waals surface area (Å²) in [5, 5.41) is 6.91. The van der Waals surface area contributed by atoms with Gasteiger partial charge in [0.1, 0.15) is 5.82 Å². The van der Waals surface area contributed by atoms with Gasteiger partial charge in [0.15, 0.2) is 0 Å². The van der Waals surface area contributed by atoms with Crippen LogP contribution in [0.1, 0.15) is 17.8 Å². The van der Waals surface area contributed by atoms with E-state index in [0.717, 1.165) is 17.9 Å². The maximum absolute atomic E-state index is 12.8. The third kappa shape index (κ3) is 3.61. The number of piperazine rings is 1. The maximum atomic E-state index is 12.8. The van der Waals surface area contributed by atoms with E-state index in [9.17, 15) is 4.79 Å². The molecule has 0 saturated carbocycles. The molecule has 1 fully saturated rings. The highest BCUT2D eigenvalue weighted by Gasteiger charge is 2.30. The fourth-order valence-electron chi connectivity index (χ4n) is 3.39. The first-order valence-corrected chi connectivity index (χ1v) is 9.15. The number of rotatable bonds is 3. The molecule has 0 aliphatic carbocycles. The molecular formula is C19H23N7O2. The zero-order chi connectivity index (χ0) is 19.7. The van der Waals surface area contributed by atoms with E-state index >= 15 is 0 Å². The number of urea groups is 1. The molecule has 1 atom stereocenters. The van der Waals surface area contributed by atoms with Gasteiger partial charge in [-0.05, 0) is 19.2 Å². The largest absolute Gasteiger partial charge is 0.339 e. The zero-order valence-corrected chi connectivity index (χ0v) is 16.2. The fraction of sp³-hybridized carbons (Fsp3) is 0.368. The number of likely N-dealkylation sites (N-methyl/N-ethyl adjacent to an activating group) is 1. The van der Waals surface area contributed by atoms with Gasteiger partial charge in [-0.1, -0.05) is 17.3 Å². The third-order valence-electron chi connectivity index (χ3n) is 4.99. The average Bonchev–Trinajstić information content (AvgIpc) is 3.30. The molecule has 1 saturated heterocycles. The number of hydrogen-bond donors (Lipinski definition) is 1. The van der Waals surface area contributed by atoms with Crippen molar-refractivity contribution in [2.24, 2.45) is 7.05 Å². The Morgan fingerprint density at radius 3 is 2.86 bits per heavy atom. The summed E-state index contributed by atoms with van der Waals surface area (Å²) in [6.07, 6.45) is 3.71. The van der Waals surface area contributed by atoms with Crippen LogP contribution in [0, 0.1) is 6.92 Å².